The molecule has 0 aliphatic heterocycles. The van der Waals surface area contributed by atoms with Crippen molar-refractivity contribution in [3.8, 4) is 11.5 Å². The molecule has 0 bridgehead atoms. The highest BCUT2D eigenvalue weighted by Crippen LogP contribution is 2.29. The lowest BCUT2D eigenvalue weighted by atomic mass is 9.89. The first-order valence-electron chi connectivity index (χ1n) is 8.20. The topological polar surface area (TPSA) is 68.0 Å². The van der Waals surface area contributed by atoms with Gasteiger partial charge in [-0.3, -0.25) is 4.79 Å². The average Bonchev–Trinajstić information content (AvgIpc) is 3.08. The molecule has 0 unspecified atom stereocenters. The molecule has 0 radical (unpaired) electrons. The summed E-state index contributed by atoms with van der Waals surface area (Å²) in [7, 11) is 0. The van der Waals surface area contributed by atoms with Crippen molar-refractivity contribution in [2.24, 2.45) is 5.92 Å². The molecule has 3 rings (SSSR count). The molecule has 0 atom stereocenters. The number of thioether (sulfide) groups is 1. The van der Waals surface area contributed by atoms with Crippen LogP contribution < -0.4 is 5.32 Å². The minimum atomic E-state index is 0.0196. The van der Waals surface area contributed by atoms with E-state index in [-0.39, 0.29) is 5.91 Å². The highest BCUT2D eigenvalue weighted by Gasteiger charge is 2.16. The number of aromatic nitrogens is 2. The van der Waals surface area contributed by atoms with E-state index in [0.717, 1.165) is 16.6 Å². The Labute approximate surface area is 154 Å². The van der Waals surface area contributed by atoms with Gasteiger partial charge in [0.05, 0.1) is 11.3 Å². The summed E-state index contributed by atoms with van der Waals surface area (Å²) < 4.78 is 6.52. The summed E-state index contributed by atoms with van der Waals surface area (Å²) >= 11 is 4.73. The lowest BCUT2D eigenvalue weighted by Gasteiger charge is -2.21. The molecule has 1 fully saturated rings. The zero-order valence-corrected chi connectivity index (χ0v) is 15.7. The van der Waals surface area contributed by atoms with E-state index in [1.165, 1.54) is 43.9 Å². The van der Waals surface area contributed by atoms with Crippen LogP contribution in [0.15, 0.2) is 38.4 Å². The molecule has 1 amide bonds. The van der Waals surface area contributed by atoms with Crippen LogP contribution in [0.4, 0.5) is 0 Å². The molecule has 0 saturated heterocycles. The second-order valence-electron chi connectivity index (χ2n) is 5.95. The smallest absolute Gasteiger partial charge is 0.277 e. The van der Waals surface area contributed by atoms with Crippen LogP contribution in [-0.2, 0) is 4.79 Å². The second-order valence-corrected chi connectivity index (χ2v) is 7.73. The molecule has 1 heterocycles. The summed E-state index contributed by atoms with van der Waals surface area (Å²) in [4.78, 5) is 12.0. The Morgan fingerprint density at radius 1 is 1.25 bits per heavy atom. The Hall–Kier alpha value is -1.34. The Balaban J connectivity index is 1.46. The molecule has 7 heteroatoms. The zero-order chi connectivity index (χ0) is 16.8. The number of carbonyl (C=O) groups is 1. The zero-order valence-electron chi connectivity index (χ0n) is 13.3. The standard InChI is InChI=1S/C17H20BrN3O2S/c18-14-9-5-4-8-13(14)16-20-21-17(23-16)24-11-15(22)19-10-12-6-2-1-3-7-12/h4-5,8-9,12H,1-3,6-7,10-11H2,(H,19,22). The van der Waals surface area contributed by atoms with Crippen LogP contribution in [0.25, 0.3) is 11.5 Å². The summed E-state index contributed by atoms with van der Waals surface area (Å²) in [5.74, 6) is 1.40. The van der Waals surface area contributed by atoms with Crippen molar-refractivity contribution in [3.63, 3.8) is 0 Å². The van der Waals surface area contributed by atoms with Gasteiger partial charge in [-0.25, -0.2) is 0 Å². The van der Waals surface area contributed by atoms with Crippen molar-refractivity contribution in [3.05, 3.63) is 28.7 Å². The SMILES string of the molecule is O=C(CSc1nnc(-c2ccccc2Br)o1)NCC1CCCCC1. The van der Waals surface area contributed by atoms with Crippen LogP contribution in [0.1, 0.15) is 32.1 Å². The van der Waals surface area contributed by atoms with E-state index >= 15 is 0 Å². The van der Waals surface area contributed by atoms with Gasteiger partial charge in [0.2, 0.25) is 11.8 Å². The van der Waals surface area contributed by atoms with Crippen LogP contribution in [0.2, 0.25) is 0 Å². The number of nitrogens with zero attached hydrogens (tertiary/aromatic N) is 2. The molecule has 128 valence electrons. The number of nitrogens with one attached hydrogen (secondary N) is 1. The molecule has 2 aromatic rings. The average molecular weight is 410 g/mol. The lowest BCUT2D eigenvalue weighted by Crippen LogP contribution is -2.31. The fraction of sp³-hybridized carbons (Fsp3) is 0.471. The van der Waals surface area contributed by atoms with Crippen LogP contribution in [-0.4, -0.2) is 28.4 Å². The summed E-state index contributed by atoms with van der Waals surface area (Å²) in [5, 5.41) is 11.5. The summed E-state index contributed by atoms with van der Waals surface area (Å²) in [6.07, 6.45) is 6.36. The first-order chi connectivity index (χ1) is 11.7. The Bertz CT molecular complexity index is 686. The summed E-state index contributed by atoms with van der Waals surface area (Å²) in [5.41, 5.74) is 0.846. The first-order valence-corrected chi connectivity index (χ1v) is 9.98. The van der Waals surface area contributed by atoms with E-state index in [2.05, 4.69) is 31.4 Å². The minimum Gasteiger partial charge on any atom is -0.411 e. The van der Waals surface area contributed by atoms with Crippen molar-refractivity contribution in [2.45, 2.75) is 37.3 Å². The van der Waals surface area contributed by atoms with E-state index < -0.39 is 0 Å². The van der Waals surface area contributed by atoms with Crippen molar-refractivity contribution >= 4 is 33.6 Å². The highest BCUT2D eigenvalue weighted by molar-refractivity contribution is 9.10. The number of amides is 1. The predicted molar refractivity (Wildman–Crippen MR) is 97.7 cm³/mol. The molecule has 1 aromatic heterocycles. The van der Waals surface area contributed by atoms with Gasteiger partial charge >= 0.3 is 0 Å². The second kappa shape index (κ2) is 8.67. The monoisotopic (exact) mass is 409 g/mol. The third-order valence-corrected chi connectivity index (χ3v) is 5.66. The van der Waals surface area contributed by atoms with Crippen LogP contribution in [0.3, 0.4) is 0 Å². The number of hydrogen-bond acceptors (Lipinski definition) is 5. The van der Waals surface area contributed by atoms with Gasteiger partial charge in [0.25, 0.3) is 5.22 Å². The van der Waals surface area contributed by atoms with Crippen molar-refractivity contribution < 1.29 is 9.21 Å². The van der Waals surface area contributed by atoms with Crippen molar-refractivity contribution in [2.75, 3.05) is 12.3 Å². The number of benzene rings is 1. The Morgan fingerprint density at radius 3 is 2.83 bits per heavy atom. The van der Waals surface area contributed by atoms with Crippen LogP contribution in [0.5, 0.6) is 0 Å². The van der Waals surface area contributed by atoms with E-state index in [1.807, 2.05) is 24.3 Å². The van der Waals surface area contributed by atoms with Crippen LogP contribution >= 0.6 is 27.7 Å². The molecule has 1 aromatic carbocycles. The third-order valence-electron chi connectivity index (χ3n) is 4.15. The molecular weight excluding hydrogens is 390 g/mol. The van der Waals surface area contributed by atoms with Crippen molar-refractivity contribution in [1.29, 1.82) is 0 Å². The molecule has 1 saturated carbocycles. The normalized spacial score (nSPS) is 15.4. The fourth-order valence-electron chi connectivity index (χ4n) is 2.84. The van der Waals surface area contributed by atoms with Gasteiger partial charge in [-0.05, 0) is 46.8 Å². The highest BCUT2D eigenvalue weighted by atomic mass is 79.9. The number of hydrogen-bond donors (Lipinski definition) is 1. The van der Waals surface area contributed by atoms with Gasteiger partial charge in [0.1, 0.15) is 0 Å². The molecular formula is C17H20BrN3O2S. The molecule has 0 spiro atoms. The lowest BCUT2D eigenvalue weighted by molar-refractivity contribution is -0.118. The van der Waals surface area contributed by atoms with Gasteiger partial charge in [0, 0.05) is 11.0 Å². The Kier molecular flexibility index (Phi) is 6.31. The molecule has 24 heavy (non-hydrogen) atoms. The third kappa shape index (κ3) is 4.83. The maximum absolute atomic E-state index is 12.0. The molecule has 5 nitrogen and oxygen atoms in total. The van der Waals surface area contributed by atoms with Gasteiger partial charge < -0.3 is 9.73 Å². The van der Waals surface area contributed by atoms with Gasteiger partial charge in [0.15, 0.2) is 0 Å². The molecule has 1 aliphatic rings. The van der Waals surface area contributed by atoms with Gasteiger partial charge in [-0.15, -0.1) is 10.2 Å². The predicted octanol–water partition coefficient (Wildman–Crippen LogP) is 4.29. The van der Waals surface area contributed by atoms with E-state index in [1.54, 1.807) is 0 Å². The number of halogens is 1. The van der Waals surface area contributed by atoms with E-state index in [0.29, 0.717) is 22.8 Å². The number of carbonyl (C=O) groups excluding carboxylic acids is 1. The molecule has 1 N–H and O–H groups in total. The van der Waals surface area contributed by atoms with Crippen LogP contribution in [0, 0.1) is 5.92 Å². The maximum atomic E-state index is 12.0. The fourth-order valence-corrected chi connectivity index (χ4v) is 3.89. The van der Waals surface area contributed by atoms with E-state index in [4.69, 9.17) is 4.42 Å². The maximum Gasteiger partial charge on any atom is 0.277 e. The summed E-state index contributed by atoms with van der Waals surface area (Å²) in [6.45, 7) is 0.783. The first kappa shape index (κ1) is 17.5. The summed E-state index contributed by atoms with van der Waals surface area (Å²) in [6, 6.07) is 7.67. The van der Waals surface area contributed by atoms with Gasteiger partial charge in [-0.1, -0.05) is 43.2 Å². The largest absolute Gasteiger partial charge is 0.411 e. The Morgan fingerprint density at radius 2 is 2.04 bits per heavy atom. The number of rotatable bonds is 6. The van der Waals surface area contributed by atoms with Gasteiger partial charge in [-0.2, -0.15) is 0 Å². The van der Waals surface area contributed by atoms with E-state index in [9.17, 15) is 4.79 Å². The van der Waals surface area contributed by atoms with Crippen molar-refractivity contribution in [1.82, 2.24) is 15.5 Å². The quantitative estimate of drug-likeness (QED) is 0.720. The molecule has 1 aliphatic carbocycles. The minimum absolute atomic E-state index is 0.0196.